The summed E-state index contributed by atoms with van der Waals surface area (Å²) in [6.45, 7) is 3.88. The molecule has 0 N–H and O–H groups in total. The topological polar surface area (TPSA) is 26.3 Å². The van der Waals surface area contributed by atoms with Crippen LogP contribution in [0.1, 0.15) is 19.4 Å². The molecule has 0 aliphatic heterocycles. The number of ether oxygens (including phenoxy) is 1. The van der Waals surface area contributed by atoms with Crippen LogP contribution in [0.5, 0.6) is 5.75 Å². The molecule has 0 aliphatic carbocycles. The van der Waals surface area contributed by atoms with Gasteiger partial charge in [-0.1, -0.05) is 50.2 Å². The van der Waals surface area contributed by atoms with E-state index in [1.807, 2.05) is 50.2 Å². The number of benzene rings is 2. The summed E-state index contributed by atoms with van der Waals surface area (Å²) >= 11 is 0. The smallest absolute Gasteiger partial charge is 0.139 e. The Balaban J connectivity index is 2.12. The summed E-state index contributed by atoms with van der Waals surface area (Å²) in [5.74, 6) is 1.23. The van der Waals surface area contributed by atoms with E-state index >= 15 is 0 Å². The Bertz CT molecular complexity index is 565. The van der Waals surface area contributed by atoms with E-state index in [0.717, 1.165) is 22.4 Å². The number of Topliss-reactive ketones (excluding diaryl/α,β-unsaturated/α-hetero) is 1. The van der Waals surface area contributed by atoms with Gasteiger partial charge in [-0.2, -0.15) is 0 Å². The van der Waals surface area contributed by atoms with Crippen LogP contribution in [0.4, 0.5) is 0 Å². The molecule has 0 radical (unpaired) electrons. The first-order valence-electron chi connectivity index (χ1n) is 6.86. The van der Waals surface area contributed by atoms with E-state index in [2.05, 4.69) is 12.1 Å². The number of carbonyl (C=O) groups excluding carboxylic acids is 1. The highest BCUT2D eigenvalue weighted by molar-refractivity contribution is 5.82. The van der Waals surface area contributed by atoms with Gasteiger partial charge in [0.1, 0.15) is 11.5 Å². The molecule has 0 fully saturated rings. The van der Waals surface area contributed by atoms with Gasteiger partial charge in [0.15, 0.2) is 0 Å². The SMILES string of the molecule is COc1ccc(-c2ccc(CC(=O)C(C)C)cc2)cc1. The summed E-state index contributed by atoms with van der Waals surface area (Å²) in [6, 6.07) is 16.1. The van der Waals surface area contributed by atoms with E-state index in [4.69, 9.17) is 4.74 Å². The molecular weight excluding hydrogens is 248 g/mol. The van der Waals surface area contributed by atoms with Gasteiger partial charge in [0.2, 0.25) is 0 Å². The lowest BCUT2D eigenvalue weighted by Crippen LogP contribution is -2.09. The minimum absolute atomic E-state index is 0.0938. The summed E-state index contributed by atoms with van der Waals surface area (Å²) in [7, 11) is 1.66. The lowest BCUT2D eigenvalue weighted by molar-refractivity contribution is -0.121. The molecule has 0 atom stereocenters. The molecule has 0 spiro atoms. The second kappa shape index (κ2) is 6.38. The van der Waals surface area contributed by atoms with Crippen LogP contribution in [0.15, 0.2) is 48.5 Å². The molecule has 2 rings (SSSR count). The van der Waals surface area contributed by atoms with E-state index in [9.17, 15) is 4.79 Å². The molecule has 0 saturated carbocycles. The first-order chi connectivity index (χ1) is 9.60. The highest BCUT2D eigenvalue weighted by Crippen LogP contribution is 2.23. The van der Waals surface area contributed by atoms with Crippen LogP contribution in [0.25, 0.3) is 11.1 Å². The van der Waals surface area contributed by atoms with Crippen molar-refractivity contribution in [1.29, 1.82) is 0 Å². The Kier molecular flexibility index (Phi) is 4.57. The maximum Gasteiger partial charge on any atom is 0.139 e. The lowest BCUT2D eigenvalue weighted by atomic mass is 9.98. The first kappa shape index (κ1) is 14.3. The molecule has 0 bridgehead atoms. The molecule has 0 heterocycles. The van der Waals surface area contributed by atoms with Crippen LogP contribution in [0.3, 0.4) is 0 Å². The third kappa shape index (κ3) is 3.47. The van der Waals surface area contributed by atoms with Gasteiger partial charge in [0.05, 0.1) is 7.11 Å². The fourth-order valence-corrected chi connectivity index (χ4v) is 2.00. The van der Waals surface area contributed by atoms with Crippen molar-refractivity contribution >= 4 is 5.78 Å². The Morgan fingerprint density at radius 1 is 0.950 bits per heavy atom. The van der Waals surface area contributed by atoms with Crippen LogP contribution in [-0.2, 0) is 11.2 Å². The third-order valence-electron chi connectivity index (χ3n) is 3.40. The molecule has 0 aromatic heterocycles. The van der Waals surface area contributed by atoms with E-state index < -0.39 is 0 Å². The minimum atomic E-state index is 0.0938. The van der Waals surface area contributed by atoms with Gasteiger partial charge >= 0.3 is 0 Å². The molecule has 2 nitrogen and oxygen atoms in total. The molecule has 20 heavy (non-hydrogen) atoms. The Morgan fingerprint density at radius 3 is 1.90 bits per heavy atom. The molecular formula is C18H20O2. The number of methoxy groups -OCH3 is 1. The van der Waals surface area contributed by atoms with Crippen molar-refractivity contribution in [1.82, 2.24) is 0 Å². The minimum Gasteiger partial charge on any atom is -0.497 e. The normalized spacial score (nSPS) is 10.6. The van der Waals surface area contributed by atoms with Crippen LogP contribution < -0.4 is 4.74 Å². The fourth-order valence-electron chi connectivity index (χ4n) is 2.00. The van der Waals surface area contributed by atoms with Crippen molar-refractivity contribution in [2.24, 2.45) is 5.92 Å². The zero-order chi connectivity index (χ0) is 14.5. The quantitative estimate of drug-likeness (QED) is 0.815. The lowest BCUT2D eigenvalue weighted by Gasteiger charge is -2.07. The predicted octanol–water partition coefficient (Wildman–Crippen LogP) is 4.13. The van der Waals surface area contributed by atoms with Gasteiger partial charge in [0, 0.05) is 12.3 Å². The Morgan fingerprint density at radius 2 is 1.45 bits per heavy atom. The summed E-state index contributed by atoms with van der Waals surface area (Å²) in [5, 5.41) is 0. The van der Waals surface area contributed by atoms with E-state index in [0.29, 0.717) is 6.42 Å². The average Bonchev–Trinajstić information content (AvgIpc) is 2.48. The van der Waals surface area contributed by atoms with Gasteiger partial charge in [0.25, 0.3) is 0 Å². The molecule has 0 aliphatic rings. The van der Waals surface area contributed by atoms with E-state index in [1.165, 1.54) is 0 Å². The molecule has 0 saturated heterocycles. The second-order valence-electron chi connectivity index (χ2n) is 5.22. The van der Waals surface area contributed by atoms with Gasteiger partial charge in [-0.15, -0.1) is 0 Å². The number of ketones is 1. The largest absolute Gasteiger partial charge is 0.497 e. The fraction of sp³-hybridized carbons (Fsp3) is 0.278. The molecule has 2 aromatic carbocycles. The predicted molar refractivity (Wildman–Crippen MR) is 82.0 cm³/mol. The first-order valence-corrected chi connectivity index (χ1v) is 6.86. The molecule has 2 heteroatoms. The zero-order valence-electron chi connectivity index (χ0n) is 12.2. The van der Waals surface area contributed by atoms with Crippen LogP contribution >= 0.6 is 0 Å². The molecule has 0 amide bonds. The van der Waals surface area contributed by atoms with Crippen LogP contribution in [0, 0.1) is 5.92 Å². The number of hydrogen-bond donors (Lipinski definition) is 0. The van der Waals surface area contributed by atoms with Crippen molar-refractivity contribution in [2.75, 3.05) is 7.11 Å². The van der Waals surface area contributed by atoms with Crippen molar-refractivity contribution in [3.8, 4) is 16.9 Å². The molecule has 104 valence electrons. The van der Waals surface area contributed by atoms with Gasteiger partial charge in [-0.05, 0) is 28.8 Å². The summed E-state index contributed by atoms with van der Waals surface area (Å²) in [6.07, 6.45) is 0.514. The zero-order valence-corrected chi connectivity index (χ0v) is 12.2. The monoisotopic (exact) mass is 268 g/mol. The number of hydrogen-bond acceptors (Lipinski definition) is 2. The van der Waals surface area contributed by atoms with Crippen LogP contribution in [0.2, 0.25) is 0 Å². The van der Waals surface area contributed by atoms with Crippen molar-refractivity contribution in [3.63, 3.8) is 0 Å². The van der Waals surface area contributed by atoms with E-state index in [-0.39, 0.29) is 11.7 Å². The number of rotatable bonds is 5. The number of carbonyl (C=O) groups is 1. The molecule has 0 unspecified atom stereocenters. The summed E-state index contributed by atoms with van der Waals surface area (Å²) in [4.78, 5) is 11.7. The standard InChI is InChI=1S/C18H20O2/c1-13(2)18(19)12-14-4-6-15(7-5-14)16-8-10-17(20-3)11-9-16/h4-11,13H,12H2,1-3H3. The second-order valence-corrected chi connectivity index (χ2v) is 5.22. The van der Waals surface area contributed by atoms with Gasteiger partial charge in [-0.25, -0.2) is 0 Å². The Hall–Kier alpha value is -2.09. The van der Waals surface area contributed by atoms with Gasteiger partial charge < -0.3 is 4.74 Å². The summed E-state index contributed by atoms with van der Waals surface area (Å²) < 4.78 is 5.15. The van der Waals surface area contributed by atoms with Gasteiger partial charge in [-0.3, -0.25) is 4.79 Å². The molecule has 2 aromatic rings. The maximum atomic E-state index is 11.7. The highest BCUT2D eigenvalue weighted by Gasteiger charge is 2.08. The van der Waals surface area contributed by atoms with Crippen molar-refractivity contribution < 1.29 is 9.53 Å². The van der Waals surface area contributed by atoms with Crippen LogP contribution in [-0.4, -0.2) is 12.9 Å². The average molecular weight is 268 g/mol. The third-order valence-corrected chi connectivity index (χ3v) is 3.40. The van der Waals surface area contributed by atoms with E-state index in [1.54, 1.807) is 7.11 Å². The highest BCUT2D eigenvalue weighted by atomic mass is 16.5. The van der Waals surface area contributed by atoms with Crippen molar-refractivity contribution in [3.05, 3.63) is 54.1 Å². The summed E-state index contributed by atoms with van der Waals surface area (Å²) in [5.41, 5.74) is 3.36. The maximum absolute atomic E-state index is 11.7. The Labute approximate surface area is 120 Å². The van der Waals surface area contributed by atoms with Crippen molar-refractivity contribution in [2.45, 2.75) is 20.3 Å².